The summed E-state index contributed by atoms with van der Waals surface area (Å²) in [5, 5.41) is 8.84. The Morgan fingerprint density at radius 3 is 2.58 bits per heavy atom. The van der Waals surface area contributed by atoms with Gasteiger partial charge in [-0.3, -0.25) is 4.90 Å². The van der Waals surface area contributed by atoms with Crippen LogP contribution in [-0.2, 0) is 13.1 Å². The number of hydrogen-bond acceptors (Lipinski definition) is 3. The molecule has 0 aliphatic heterocycles. The molecule has 19 heavy (non-hydrogen) atoms. The van der Waals surface area contributed by atoms with Gasteiger partial charge in [-0.1, -0.05) is 29.8 Å². The molecular weight excluding hydrogens is 234 g/mol. The van der Waals surface area contributed by atoms with Gasteiger partial charge in [0.25, 0.3) is 0 Å². The molecule has 0 N–H and O–H groups in total. The van der Waals surface area contributed by atoms with Gasteiger partial charge in [-0.15, -0.1) is 0 Å². The molecule has 0 aliphatic carbocycles. The highest BCUT2D eigenvalue weighted by Crippen LogP contribution is 2.10. The molecule has 1 aromatic heterocycles. The van der Waals surface area contributed by atoms with E-state index in [2.05, 4.69) is 54.2 Å². The number of pyridine rings is 1. The summed E-state index contributed by atoms with van der Waals surface area (Å²) in [4.78, 5) is 6.21. The minimum atomic E-state index is 0.474. The maximum Gasteiger partial charge on any atom is 0.140 e. The number of nitriles is 1. The first-order valence-electron chi connectivity index (χ1n) is 6.26. The Kier molecular flexibility index (Phi) is 4.27. The Labute approximate surface area is 114 Å². The van der Waals surface area contributed by atoms with E-state index in [0.29, 0.717) is 5.69 Å². The van der Waals surface area contributed by atoms with E-state index < -0.39 is 0 Å². The second kappa shape index (κ2) is 6.12. The summed E-state index contributed by atoms with van der Waals surface area (Å²) in [6, 6.07) is 14.4. The SMILES string of the molecule is Cc1cccc(CN(C)Cc2ccnc(C#N)c2)c1. The molecule has 3 nitrogen and oxygen atoms in total. The van der Waals surface area contributed by atoms with Crippen molar-refractivity contribution in [1.29, 1.82) is 5.26 Å². The molecule has 0 saturated heterocycles. The van der Waals surface area contributed by atoms with Gasteiger partial charge >= 0.3 is 0 Å². The van der Waals surface area contributed by atoms with Crippen molar-refractivity contribution in [3.63, 3.8) is 0 Å². The molecule has 1 heterocycles. The maximum atomic E-state index is 8.84. The predicted octanol–water partition coefficient (Wildman–Crippen LogP) is 2.89. The Bertz CT molecular complexity index is 599. The van der Waals surface area contributed by atoms with Crippen LogP contribution in [0.2, 0.25) is 0 Å². The zero-order valence-electron chi connectivity index (χ0n) is 11.3. The van der Waals surface area contributed by atoms with Crippen LogP contribution in [0.25, 0.3) is 0 Å². The Balaban J connectivity index is 2.01. The molecule has 96 valence electrons. The van der Waals surface area contributed by atoms with Crippen molar-refractivity contribution in [1.82, 2.24) is 9.88 Å². The molecule has 0 spiro atoms. The van der Waals surface area contributed by atoms with E-state index in [0.717, 1.165) is 18.7 Å². The van der Waals surface area contributed by atoms with Crippen molar-refractivity contribution in [3.8, 4) is 6.07 Å². The van der Waals surface area contributed by atoms with Gasteiger partial charge in [0.2, 0.25) is 0 Å². The van der Waals surface area contributed by atoms with E-state index in [1.807, 2.05) is 12.1 Å². The van der Waals surface area contributed by atoms with Crippen LogP contribution in [0.1, 0.15) is 22.4 Å². The number of aryl methyl sites for hydroxylation is 1. The van der Waals surface area contributed by atoms with E-state index in [-0.39, 0.29) is 0 Å². The summed E-state index contributed by atoms with van der Waals surface area (Å²) in [6.45, 7) is 3.81. The molecule has 0 atom stereocenters. The molecular formula is C16H17N3. The summed E-state index contributed by atoms with van der Waals surface area (Å²) in [5.41, 5.74) is 4.17. The minimum Gasteiger partial charge on any atom is -0.298 e. The highest BCUT2D eigenvalue weighted by Gasteiger charge is 2.03. The van der Waals surface area contributed by atoms with Crippen LogP contribution in [-0.4, -0.2) is 16.9 Å². The number of aromatic nitrogens is 1. The second-order valence-electron chi connectivity index (χ2n) is 4.82. The molecule has 0 amide bonds. The van der Waals surface area contributed by atoms with Crippen LogP contribution in [0, 0.1) is 18.3 Å². The van der Waals surface area contributed by atoms with Crippen LogP contribution >= 0.6 is 0 Å². The van der Waals surface area contributed by atoms with Gasteiger partial charge in [-0.05, 0) is 37.2 Å². The van der Waals surface area contributed by atoms with Crippen LogP contribution < -0.4 is 0 Å². The lowest BCUT2D eigenvalue weighted by atomic mass is 10.1. The van der Waals surface area contributed by atoms with E-state index in [4.69, 9.17) is 5.26 Å². The zero-order valence-corrected chi connectivity index (χ0v) is 11.3. The monoisotopic (exact) mass is 251 g/mol. The van der Waals surface area contributed by atoms with Crippen molar-refractivity contribution >= 4 is 0 Å². The molecule has 0 aliphatic rings. The van der Waals surface area contributed by atoms with Crippen molar-refractivity contribution in [2.24, 2.45) is 0 Å². The normalized spacial score (nSPS) is 10.4. The molecule has 0 unspecified atom stereocenters. The Morgan fingerprint density at radius 2 is 1.89 bits per heavy atom. The standard InChI is InChI=1S/C16H17N3/c1-13-4-3-5-14(8-13)11-19(2)12-15-6-7-18-16(9-15)10-17/h3-9H,11-12H2,1-2H3. The van der Waals surface area contributed by atoms with Crippen LogP contribution in [0.4, 0.5) is 0 Å². The summed E-state index contributed by atoms with van der Waals surface area (Å²) < 4.78 is 0. The Morgan fingerprint density at radius 1 is 1.16 bits per heavy atom. The second-order valence-corrected chi connectivity index (χ2v) is 4.82. The van der Waals surface area contributed by atoms with Crippen molar-refractivity contribution in [3.05, 3.63) is 65.0 Å². The first-order chi connectivity index (χ1) is 9.17. The average molecular weight is 251 g/mol. The van der Waals surface area contributed by atoms with E-state index in [1.165, 1.54) is 11.1 Å². The van der Waals surface area contributed by atoms with Crippen molar-refractivity contribution in [2.45, 2.75) is 20.0 Å². The third kappa shape index (κ3) is 3.90. The smallest absolute Gasteiger partial charge is 0.140 e. The summed E-state index contributed by atoms with van der Waals surface area (Å²) in [7, 11) is 2.08. The molecule has 0 fully saturated rings. The van der Waals surface area contributed by atoms with Gasteiger partial charge in [0.05, 0.1) is 0 Å². The van der Waals surface area contributed by atoms with Crippen LogP contribution in [0.15, 0.2) is 42.6 Å². The fraction of sp³-hybridized carbons (Fsp3) is 0.250. The molecule has 0 radical (unpaired) electrons. The van der Waals surface area contributed by atoms with Gasteiger partial charge in [0.15, 0.2) is 0 Å². The van der Waals surface area contributed by atoms with E-state index >= 15 is 0 Å². The minimum absolute atomic E-state index is 0.474. The molecule has 0 bridgehead atoms. The number of rotatable bonds is 4. The lowest BCUT2D eigenvalue weighted by Gasteiger charge is -2.17. The van der Waals surface area contributed by atoms with Crippen LogP contribution in [0.3, 0.4) is 0 Å². The summed E-state index contributed by atoms with van der Waals surface area (Å²) in [5.74, 6) is 0. The third-order valence-electron chi connectivity index (χ3n) is 2.93. The highest BCUT2D eigenvalue weighted by atomic mass is 15.1. The quantitative estimate of drug-likeness (QED) is 0.838. The first kappa shape index (κ1) is 13.3. The van der Waals surface area contributed by atoms with Gasteiger partial charge in [-0.2, -0.15) is 5.26 Å². The highest BCUT2D eigenvalue weighted by molar-refractivity contribution is 5.26. The largest absolute Gasteiger partial charge is 0.298 e. The predicted molar refractivity (Wildman–Crippen MR) is 75.3 cm³/mol. The molecule has 2 aromatic rings. The summed E-state index contributed by atoms with van der Waals surface area (Å²) >= 11 is 0. The van der Waals surface area contributed by atoms with Crippen molar-refractivity contribution < 1.29 is 0 Å². The van der Waals surface area contributed by atoms with E-state index in [1.54, 1.807) is 6.20 Å². The maximum absolute atomic E-state index is 8.84. The Hall–Kier alpha value is -2.18. The van der Waals surface area contributed by atoms with Gasteiger partial charge in [0.1, 0.15) is 11.8 Å². The zero-order chi connectivity index (χ0) is 13.7. The molecule has 2 rings (SSSR count). The number of benzene rings is 1. The lowest BCUT2D eigenvalue weighted by molar-refractivity contribution is 0.319. The lowest BCUT2D eigenvalue weighted by Crippen LogP contribution is -2.17. The first-order valence-corrected chi connectivity index (χ1v) is 6.26. The molecule has 1 aromatic carbocycles. The fourth-order valence-electron chi connectivity index (χ4n) is 2.12. The fourth-order valence-corrected chi connectivity index (χ4v) is 2.12. The third-order valence-corrected chi connectivity index (χ3v) is 2.93. The number of nitrogens with zero attached hydrogens (tertiary/aromatic N) is 3. The average Bonchev–Trinajstić information content (AvgIpc) is 2.38. The van der Waals surface area contributed by atoms with Gasteiger partial charge in [-0.25, -0.2) is 4.98 Å². The topological polar surface area (TPSA) is 39.9 Å². The molecule has 0 saturated carbocycles. The van der Waals surface area contributed by atoms with Crippen LogP contribution in [0.5, 0.6) is 0 Å². The summed E-state index contributed by atoms with van der Waals surface area (Å²) in [6.07, 6.45) is 1.69. The van der Waals surface area contributed by atoms with Gasteiger partial charge in [0, 0.05) is 19.3 Å². The van der Waals surface area contributed by atoms with Crippen molar-refractivity contribution in [2.75, 3.05) is 7.05 Å². The van der Waals surface area contributed by atoms with Gasteiger partial charge < -0.3 is 0 Å². The van der Waals surface area contributed by atoms with E-state index in [9.17, 15) is 0 Å². The molecule has 3 heteroatoms. The number of hydrogen-bond donors (Lipinski definition) is 0.